The molecule has 1 aromatic heterocycles. The Morgan fingerprint density at radius 1 is 0.723 bits per heavy atom. The van der Waals surface area contributed by atoms with E-state index in [0.717, 1.165) is 57.9 Å². The number of carbonyl (C=O) groups is 1. The van der Waals surface area contributed by atoms with E-state index >= 15 is 0 Å². The molecule has 1 heterocycles. The molecule has 0 aliphatic heterocycles. The van der Waals surface area contributed by atoms with Gasteiger partial charge in [0.2, 0.25) is 0 Å². The highest BCUT2D eigenvalue weighted by atomic mass is 16.5. The quantitative estimate of drug-likeness (QED) is 0.147. The third kappa shape index (κ3) is 6.33. The second-order valence-electron chi connectivity index (χ2n) is 11.5. The van der Waals surface area contributed by atoms with Crippen LogP contribution in [0.25, 0.3) is 28.3 Å². The van der Waals surface area contributed by atoms with E-state index in [1.54, 1.807) is 12.1 Å². The number of hydrogen-bond donors (Lipinski definition) is 1. The van der Waals surface area contributed by atoms with E-state index in [1.807, 2.05) is 109 Å². The zero-order chi connectivity index (χ0) is 32.2. The molecule has 0 spiro atoms. The van der Waals surface area contributed by atoms with Gasteiger partial charge in [-0.3, -0.25) is 4.57 Å². The Balaban J connectivity index is 1.40. The SMILES string of the molecule is COc1cc(-n2c(-c3ccccc3OCc3ccccc3)nc(-c3ccccc3OCc3ccccc3)c2C2CC2)ccc1C(=O)O. The van der Waals surface area contributed by atoms with Crippen molar-refractivity contribution in [2.24, 2.45) is 0 Å². The van der Waals surface area contributed by atoms with E-state index in [0.29, 0.717) is 24.8 Å². The van der Waals surface area contributed by atoms with E-state index in [4.69, 9.17) is 19.2 Å². The van der Waals surface area contributed by atoms with Crippen molar-refractivity contribution in [2.45, 2.75) is 32.0 Å². The van der Waals surface area contributed by atoms with E-state index in [9.17, 15) is 9.90 Å². The van der Waals surface area contributed by atoms with Crippen molar-refractivity contribution in [2.75, 3.05) is 7.11 Å². The van der Waals surface area contributed by atoms with Crippen LogP contribution in [0.4, 0.5) is 0 Å². The summed E-state index contributed by atoms with van der Waals surface area (Å²) < 4.78 is 20.6. The molecule has 0 radical (unpaired) electrons. The summed E-state index contributed by atoms with van der Waals surface area (Å²) in [4.78, 5) is 17.4. The molecule has 0 amide bonds. The third-order valence-electron chi connectivity index (χ3n) is 8.30. The maximum Gasteiger partial charge on any atom is 0.339 e. The van der Waals surface area contributed by atoms with Gasteiger partial charge in [0.1, 0.15) is 41.9 Å². The second-order valence-corrected chi connectivity index (χ2v) is 11.5. The smallest absolute Gasteiger partial charge is 0.339 e. The van der Waals surface area contributed by atoms with Crippen LogP contribution in [0.2, 0.25) is 0 Å². The Morgan fingerprint density at radius 2 is 1.28 bits per heavy atom. The maximum absolute atomic E-state index is 12.0. The van der Waals surface area contributed by atoms with Crippen LogP contribution in [0.3, 0.4) is 0 Å². The van der Waals surface area contributed by atoms with Crippen LogP contribution in [0, 0.1) is 0 Å². The van der Waals surface area contributed by atoms with Gasteiger partial charge in [0, 0.05) is 17.5 Å². The second kappa shape index (κ2) is 13.3. The van der Waals surface area contributed by atoms with Crippen LogP contribution in [0.1, 0.15) is 45.9 Å². The average Bonchev–Trinajstić information content (AvgIpc) is 3.89. The van der Waals surface area contributed by atoms with Crippen LogP contribution in [-0.4, -0.2) is 27.7 Å². The van der Waals surface area contributed by atoms with Crippen LogP contribution >= 0.6 is 0 Å². The van der Waals surface area contributed by atoms with Crippen molar-refractivity contribution in [1.82, 2.24) is 9.55 Å². The monoisotopic (exact) mass is 622 g/mol. The highest BCUT2D eigenvalue weighted by Crippen LogP contribution is 2.49. The molecule has 1 aliphatic carbocycles. The minimum Gasteiger partial charge on any atom is -0.496 e. The van der Waals surface area contributed by atoms with Crippen LogP contribution in [0.15, 0.2) is 127 Å². The number of ether oxygens (including phenoxy) is 3. The number of rotatable bonds is 12. The lowest BCUT2D eigenvalue weighted by atomic mass is 10.1. The molecule has 234 valence electrons. The number of nitrogens with zero attached hydrogens (tertiary/aromatic N) is 2. The van der Waals surface area contributed by atoms with Crippen molar-refractivity contribution in [3.05, 3.63) is 150 Å². The van der Waals surface area contributed by atoms with Gasteiger partial charge in [0.25, 0.3) is 0 Å². The van der Waals surface area contributed by atoms with Crippen molar-refractivity contribution >= 4 is 5.97 Å². The summed E-state index contributed by atoms with van der Waals surface area (Å²) in [6.07, 6.45) is 2.03. The summed E-state index contributed by atoms with van der Waals surface area (Å²) in [5, 5.41) is 9.82. The Bertz CT molecular complexity index is 2020. The van der Waals surface area contributed by atoms with E-state index in [-0.39, 0.29) is 17.2 Å². The number of para-hydroxylation sites is 2. The summed E-state index contributed by atoms with van der Waals surface area (Å²) in [6, 6.07) is 41.2. The number of benzene rings is 5. The summed E-state index contributed by atoms with van der Waals surface area (Å²) in [5.74, 6) is 1.61. The molecule has 7 nitrogen and oxygen atoms in total. The first-order chi connectivity index (χ1) is 23.1. The van der Waals surface area contributed by atoms with Crippen molar-refractivity contribution in [1.29, 1.82) is 0 Å². The molecular formula is C40H34N2O5. The molecular weight excluding hydrogens is 588 g/mol. The average molecular weight is 623 g/mol. The van der Waals surface area contributed by atoms with Crippen molar-refractivity contribution in [3.8, 4) is 45.6 Å². The van der Waals surface area contributed by atoms with Gasteiger partial charge in [0.15, 0.2) is 0 Å². The summed E-state index contributed by atoms with van der Waals surface area (Å²) in [6.45, 7) is 0.826. The van der Waals surface area contributed by atoms with Gasteiger partial charge in [-0.05, 0) is 60.4 Å². The Kier molecular flexibility index (Phi) is 8.43. The Morgan fingerprint density at radius 3 is 1.85 bits per heavy atom. The molecule has 0 unspecified atom stereocenters. The van der Waals surface area contributed by atoms with Crippen molar-refractivity contribution in [3.63, 3.8) is 0 Å². The standard InChI is InChI=1S/C40H34N2O5/c1-45-36-24-30(22-23-33(36)40(43)44)42-38(29-20-21-29)37(31-16-8-10-18-34(31)46-25-27-12-4-2-5-13-27)41-39(42)32-17-9-11-19-35(32)47-26-28-14-6-3-7-15-28/h2-19,22-24,29H,20-21,25-26H2,1H3,(H,43,44). The molecule has 7 rings (SSSR count). The third-order valence-corrected chi connectivity index (χ3v) is 8.30. The summed E-state index contributed by atoms with van der Waals surface area (Å²) in [7, 11) is 1.49. The number of carboxylic acid groups (broad SMARTS) is 1. The number of methoxy groups -OCH3 is 1. The van der Waals surface area contributed by atoms with E-state index in [2.05, 4.69) is 10.6 Å². The lowest BCUT2D eigenvalue weighted by Gasteiger charge is -2.17. The molecule has 1 aliphatic rings. The number of carboxylic acids is 1. The molecule has 0 atom stereocenters. The molecule has 1 saturated carbocycles. The predicted molar refractivity (Wildman–Crippen MR) is 181 cm³/mol. The minimum atomic E-state index is -1.05. The first kappa shape index (κ1) is 29.9. The highest BCUT2D eigenvalue weighted by Gasteiger charge is 2.35. The van der Waals surface area contributed by atoms with Gasteiger partial charge in [-0.1, -0.05) is 84.9 Å². The van der Waals surface area contributed by atoms with Gasteiger partial charge in [-0.25, -0.2) is 9.78 Å². The zero-order valence-electron chi connectivity index (χ0n) is 26.0. The zero-order valence-corrected chi connectivity index (χ0v) is 26.0. The minimum absolute atomic E-state index is 0.0948. The van der Waals surface area contributed by atoms with Gasteiger partial charge in [0.05, 0.1) is 29.7 Å². The Hall–Kier alpha value is -5.82. The fraction of sp³-hybridized carbons (Fsp3) is 0.150. The molecule has 1 fully saturated rings. The number of imidazole rings is 1. The molecule has 0 saturated heterocycles. The van der Waals surface area contributed by atoms with Crippen LogP contribution < -0.4 is 14.2 Å². The Labute approximate surface area is 273 Å². The largest absolute Gasteiger partial charge is 0.496 e. The molecule has 1 N–H and O–H groups in total. The number of aromatic carboxylic acids is 1. The number of hydrogen-bond acceptors (Lipinski definition) is 5. The van der Waals surface area contributed by atoms with Crippen LogP contribution in [0.5, 0.6) is 17.2 Å². The molecule has 5 aromatic carbocycles. The fourth-order valence-electron chi connectivity index (χ4n) is 5.84. The summed E-state index contributed by atoms with van der Waals surface area (Å²) >= 11 is 0. The van der Waals surface area contributed by atoms with Gasteiger partial charge in [-0.15, -0.1) is 0 Å². The van der Waals surface area contributed by atoms with Gasteiger partial charge in [-0.2, -0.15) is 0 Å². The maximum atomic E-state index is 12.0. The topological polar surface area (TPSA) is 82.8 Å². The summed E-state index contributed by atoms with van der Waals surface area (Å²) in [5.41, 5.74) is 6.56. The lowest BCUT2D eigenvalue weighted by molar-refractivity contribution is 0.0693. The van der Waals surface area contributed by atoms with Gasteiger partial charge >= 0.3 is 5.97 Å². The normalized spacial score (nSPS) is 12.4. The van der Waals surface area contributed by atoms with E-state index < -0.39 is 5.97 Å². The lowest BCUT2D eigenvalue weighted by Crippen LogP contribution is -2.06. The molecule has 0 bridgehead atoms. The molecule has 7 heteroatoms. The molecule has 47 heavy (non-hydrogen) atoms. The predicted octanol–water partition coefficient (Wildman–Crippen LogP) is 8.95. The van der Waals surface area contributed by atoms with Gasteiger partial charge < -0.3 is 19.3 Å². The fourth-order valence-corrected chi connectivity index (χ4v) is 5.84. The molecule has 6 aromatic rings. The van der Waals surface area contributed by atoms with Crippen LogP contribution in [-0.2, 0) is 13.2 Å². The highest BCUT2D eigenvalue weighted by molar-refractivity contribution is 5.91. The van der Waals surface area contributed by atoms with E-state index in [1.165, 1.54) is 7.11 Å². The first-order valence-electron chi connectivity index (χ1n) is 15.7. The first-order valence-corrected chi connectivity index (χ1v) is 15.7. The number of aromatic nitrogens is 2. The van der Waals surface area contributed by atoms with Crippen molar-refractivity contribution < 1.29 is 24.1 Å².